The molecular formula is C21H32IN5S. The number of nitrogens with zero attached hydrogens (tertiary/aromatic N) is 3. The summed E-state index contributed by atoms with van der Waals surface area (Å²) in [6.07, 6.45) is 2.28. The summed E-state index contributed by atoms with van der Waals surface area (Å²) in [4.78, 5) is 12.8. The average Bonchev–Trinajstić information content (AvgIpc) is 2.98. The molecule has 1 fully saturated rings. The Morgan fingerprint density at radius 2 is 2.00 bits per heavy atom. The zero-order chi connectivity index (χ0) is 19.2. The predicted octanol–water partition coefficient (Wildman–Crippen LogP) is 4.02. The van der Waals surface area contributed by atoms with Gasteiger partial charge in [0.25, 0.3) is 0 Å². The highest BCUT2D eigenvalue weighted by Crippen LogP contribution is 2.17. The van der Waals surface area contributed by atoms with Gasteiger partial charge in [0.2, 0.25) is 0 Å². The number of benzene rings is 1. The smallest absolute Gasteiger partial charge is 0.191 e. The maximum Gasteiger partial charge on any atom is 0.191 e. The van der Waals surface area contributed by atoms with Crippen LogP contribution in [0, 0.1) is 20.8 Å². The topological polar surface area (TPSA) is 52.6 Å². The second-order valence-corrected chi connectivity index (χ2v) is 8.65. The summed E-state index contributed by atoms with van der Waals surface area (Å²) in [7, 11) is 1.83. The lowest BCUT2D eigenvalue weighted by atomic mass is 10.0. The number of aromatic nitrogens is 1. The van der Waals surface area contributed by atoms with Crippen LogP contribution in [0.15, 0.2) is 29.3 Å². The molecule has 2 aromatic rings. The van der Waals surface area contributed by atoms with E-state index in [2.05, 4.69) is 70.5 Å². The Hall–Kier alpha value is -1.19. The highest BCUT2D eigenvalue weighted by Gasteiger charge is 2.20. The standard InChI is InChI=1S/C21H31N5S.HI/c1-15-6-5-7-18(12-15)14-26-10-8-19(9-11-26)25-21(22-4)23-13-20-24-16(2)17(3)27-20;/h5-7,12,19H,8-11,13-14H2,1-4H3,(H2,22,23,25);1H. The van der Waals surface area contributed by atoms with Crippen LogP contribution in [-0.4, -0.2) is 42.0 Å². The van der Waals surface area contributed by atoms with E-state index in [-0.39, 0.29) is 24.0 Å². The number of hydrogen-bond donors (Lipinski definition) is 2. The first kappa shape index (κ1) is 23.1. The zero-order valence-electron chi connectivity index (χ0n) is 17.3. The fourth-order valence-corrected chi connectivity index (χ4v) is 4.34. The third-order valence-electron chi connectivity index (χ3n) is 5.12. The Kier molecular flexibility index (Phi) is 9.17. The average molecular weight is 513 g/mol. The summed E-state index contributed by atoms with van der Waals surface area (Å²) < 4.78 is 0. The van der Waals surface area contributed by atoms with E-state index in [0.29, 0.717) is 6.04 Å². The number of rotatable bonds is 5. The van der Waals surface area contributed by atoms with Crippen LogP contribution in [0.1, 0.15) is 39.5 Å². The predicted molar refractivity (Wildman–Crippen MR) is 130 cm³/mol. The summed E-state index contributed by atoms with van der Waals surface area (Å²) >= 11 is 1.75. The van der Waals surface area contributed by atoms with Crippen LogP contribution >= 0.6 is 35.3 Å². The first-order valence-electron chi connectivity index (χ1n) is 9.71. The highest BCUT2D eigenvalue weighted by atomic mass is 127. The highest BCUT2D eigenvalue weighted by molar-refractivity contribution is 14.0. The van der Waals surface area contributed by atoms with E-state index in [4.69, 9.17) is 0 Å². The number of thiazole rings is 1. The number of aryl methyl sites for hydroxylation is 3. The molecular weight excluding hydrogens is 481 g/mol. The van der Waals surface area contributed by atoms with E-state index in [0.717, 1.165) is 55.7 Å². The van der Waals surface area contributed by atoms with Crippen LogP contribution in [-0.2, 0) is 13.1 Å². The lowest BCUT2D eigenvalue weighted by Crippen LogP contribution is -2.48. The fraction of sp³-hybridized carbons (Fsp3) is 0.524. The van der Waals surface area contributed by atoms with Crippen molar-refractivity contribution in [1.82, 2.24) is 20.5 Å². The molecule has 2 heterocycles. The molecule has 0 spiro atoms. The van der Waals surface area contributed by atoms with Gasteiger partial charge in [0.05, 0.1) is 12.2 Å². The monoisotopic (exact) mass is 513 g/mol. The molecule has 0 saturated carbocycles. The Balaban J connectivity index is 0.00000280. The van der Waals surface area contributed by atoms with Crippen molar-refractivity contribution in [3.05, 3.63) is 51.0 Å². The summed E-state index contributed by atoms with van der Waals surface area (Å²) in [6, 6.07) is 9.31. The molecule has 3 rings (SSSR count). The van der Waals surface area contributed by atoms with Crippen molar-refractivity contribution in [2.75, 3.05) is 20.1 Å². The molecule has 5 nitrogen and oxygen atoms in total. The maximum atomic E-state index is 4.59. The van der Waals surface area contributed by atoms with Crippen LogP contribution < -0.4 is 10.6 Å². The van der Waals surface area contributed by atoms with Crippen molar-refractivity contribution in [3.8, 4) is 0 Å². The minimum absolute atomic E-state index is 0. The number of halogens is 1. The van der Waals surface area contributed by atoms with Crippen LogP contribution in [0.25, 0.3) is 0 Å². The molecule has 1 aromatic carbocycles. The molecule has 0 bridgehead atoms. The molecule has 28 heavy (non-hydrogen) atoms. The van der Waals surface area contributed by atoms with Gasteiger partial charge in [0.1, 0.15) is 5.01 Å². The number of hydrogen-bond acceptors (Lipinski definition) is 4. The largest absolute Gasteiger partial charge is 0.354 e. The van der Waals surface area contributed by atoms with E-state index in [9.17, 15) is 0 Å². The number of piperidine rings is 1. The van der Waals surface area contributed by atoms with Gasteiger partial charge in [0.15, 0.2) is 5.96 Å². The van der Waals surface area contributed by atoms with Crippen molar-refractivity contribution in [2.45, 2.75) is 52.7 Å². The Labute approximate surface area is 190 Å². The van der Waals surface area contributed by atoms with Crippen LogP contribution in [0.2, 0.25) is 0 Å². The molecule has 1 aliphatic heterocycles. The second kappa shape index (κ2) is 11.1. The number of nitrogens with one attached hydrogen (secondary N) is 2. The van der Waals surface area contributed by atoms with Crippen LogP contribution in [0.5, 0.6) is 0 Å². The fourth-order valence-electron chi connectivity index (χ4n) is 3.47. The second-order valence-electron chi connectivity index (χ2n) is 7.36. The van der Waals surface area contributed by atoms with Crippen LogP contribution in [0.4, 0.5) is 0 Å². The molecule has 0 aliphatic carbocycles. The van der Waals surface area contributed by atoms with Crippen molar-refractivity contribution < 1.29 is 0 Å². The molecule has 154 valence electrons. The molecule has 0 atom stereocenters. The van der Waals surface area contributed by atoms with Crippen molar-refractivity contribution >= 4 is 41.3 Å². The molecule has 0 amide bonds. The van der Waals surface area contributed by atoms with Crippen molar-refractivity contribution in [3.63, 3.8) is 0 Å². The van der Waals surface area contributed by atoms with Crippen molar-refractivity contribution in [1.29, 1.82) is 0 Å². The van der Waals surface area contributed by atoms with E-state index in [1.54, 1.807) is 11.3 Å². The van der Waals surface area contributed by atoms with Gasteiger partial charge < -0.3 is 10.6 Å². The SMILES string of the molecule is CN=C(NCc1nc(C)c(C)s1)NC1CCN(Cc2cccc(C)c2)CC1.I. The molecule has 1 saturated heterocycles. The lowest BCUT2D eigenvalue weighted by molar-refractivity contribution is 0.198. The summed E-state index contributed by atoms with van der Waals surface area (Å²) in [5.41, 5.74) is 3.87. The molecule has 0 radical (unpaired) electrons. The van der Waals surface area contributed by atoms with Gasteiger partial charge in [-0.2, -0.15) is 0 Å². The summed E-state index contributed by atoms with van der Waals surface area (Å²) in [5, 5.41) is 8.10. The first-order valence-corrected chi connectivity index (χ1v) is 10.5. The van der Waals surface area contributed by atoms with E-state index >= 15 is 0 Å². The number of guanidine groups is 1. The lowest BCUT2D eigenvalue weighted by Gasteiger charge is -2.33. The minimum atomic E-state index is 0. The van der Waals surface area contributed by atoms with Gasteiger partial charge in [0, 0.05) is 37.6 Å². The van der Waals surface area contributed by atoms with Gasteiger partial charge in [-0.15, -0.1) is 35.3 Å². The normalized spacial score (nSPS) is 15.9. The van der Waals surface area contributed by atoms with Crippen LogP contribution in [0.3, 0.4) is 0 Å². The molecule has 1 aromatic heterocycles. The molecule has 7 heteroatoms. The van der Waals surface area contributed by atoms with Gasteiger partial charge in [-0.05, 0) is 39.2 Å². The zero-order valence-corrected chi connectivity index (χ0v) is 20.4. The third kappa shape index (κ3) is 6.70. The Morgan fingerprint density at radius 3 is 2.61 bits per heavy atom. The van der Waals surface area contributed by atoms with Gasteiger partial charge in [-0.1, -0.05) is 29.8 Å². The quantitative estimate of drug-likeness (QED) is 0.361. The number of likely N-dealkylation sites (tertiary alicyclic amines) is 1. The third-order valence-corrected chi connectivity index (χ3v) is 6.19. The van der Waals surface area contributed by atoms with Crippen molar-refractivity contribution in [2.24, 2.45) is 4.99 Å². The van der Waals surface area contributed by atoms with Gasteiger partial charge in [-0.3, -0.25) is 9.89 Å². The number of aliphatic imine (C=N–C) groups is 1. The summed E-state index contributed by atoms with van der Waals surface area (Å²) in [6.45, 7) is 10.4. The van der Waals surface area contributed by atoms with Gasteiger partial charge >= 0.3 is 0 Å². The van der Waals surface area contributed by atoms with E-state index < -0.39 is 0 Å². The van der Waals surface area contributed by atoms with E-state index in [1.807, 2.05) is 7.05 Å². The maximum absolute atomic E-state index is 4.59. The molecule has 1 aliphatic rings. The molecule has 2 N–H and O–H groups in total. The summed E-state index contributed by atoms with van der Waals surface area (Å²) in [5.74, 6) is 0.873. The first-order chi connectivity index (χ1) is 13.0. The van der Waals surface area contributed by atoms with Gasteiger partial charge in [-0.25, -0.2) is 4.98 Å². The van der Waals surface area contributed by atoms with E-state index in [1.165, 1.54) is 16.0 Å². The minimum Gasteiger partial charge on any atom is -0.354 e. The molecule has 0 unspecified atom stereocenters. The Morgan fingerprint density at radius 1 is 1.25 bits per heavy atom. The Bertz CT molecular complexity index is 761.